The lowest BCUT2D eigenvalue weighted by molar-refractivity contribution is -0.164. The number of unbranched alkanes of at least 4 members (excludes halogenated alkanes) is 10. The van der Waals surface area contributed by atoms with Crippen molar-refractivity contribution >= 4 is 11.9 Å². The molecule has 0 aliphatic heterocycles. The first-order chi connectivity index (χ1) is 14.5. The van der Waals surface area contributed by atoms with Crippen LogP contribution < -0.4 is 0 Å². The van der Waals surface area contributed by atoms with Gasteiger partial charge in [0.15, 0.2) is 0 Å². The number of carbonyl (C=O) groups excluding carboxylic acids is 1. The lowest BCUT2D eigenvalue weighted by Crippen LogP contribution is -2.35. The summed E-state index contributed by atoms with van der Waals surface area (Å²) in [6.45, 7) is 6.57. The molecule has 0 aromatic rings. The van der Waals surface area contributed by atoms with Crippen molar-refractivity contribution in [1.82, 2.24) is 0 Å². The van der Waals surface area contributed by atoms with Gasteiger partial charge >= 0.3 is 11.9 Å². The Kier molecular flexibility index (Phi) is 14.9. The third-order valence-corrected chi connectivity index (χ3v) is 6.53. The zero-order valence-electron chi connectivity index (χ0n) is 20.0. The molecular formula is C26H48O4. The van der Waals surface area contributed by atoms with E-state index >= 15 is 0 Å². The molecule has 0 saturated heterocycles. The molecule has 0 amide bonds. The van der Waals surface area contributed by atoms with Gasteiger partial charge in [0.2, 0.25) is 0 Å². The van der Waals surface area contributed by atoms with Gasteiger partial charge in [-0.15, -0.1) is 0 Å². The summed E-state index contributed by atoms with van der Waals surface area (Å²) in [5.41, 5.74) is 0. The van der Waals surface area contributed by atoms with Crippen LogP contribution in [0.5, 0.6) is 0 Å². The second-order valence-electron chi connectivity index (χ2n) is 9.85. The van der Waals surface area contributed by atoms with Gasteiger partial charge in [-0.2, -0.15) is 0 Å². The Bertz CT molecular complexity index is 460. The van der Waals surface area contributed by atoms with Crippen molar-refractivity contribution in [2.24, 2.45) is 17.8 Å². The van der Waals surface area contributed by atoms with E-state index < -0.39 is 17.8 Å². The van der Waals surface area contributed by atoms with E-state index in [1.165, 1.54) is 64.2 Å². The van der Waals surface area contributed by atoms with Gasteiger partial charge in [-0.3, -0.25) is 9.59 Å². The maximum absolute atomic E-state index is 12.7. The highest BCUT2D eigenvalue weighted by molar-refractivity contribution is 5.81. The molecule has 1 aliphatic rings. The van der Waals surface area contributed by atoms with E-state index in [-0.39, 0.29) is 12.1 Å². The number of aliphatic carboxylic acids is 1. The van der Waals surface area contributed by atoms with Crippen molar-refractivity contribution < 1.29 is 19.4 Å². The Morgan fingerprint density at radius 1 is 0.833 bits per heavy atom. The van der Waals surface area contributed by atoms with Crippen LogP contribution in [-0.2, 0) is 14.3 Å². The van der Waals surface area contributed by atoms with E-state index in [0.717, 1.165) is 32.1 Å². The molecule has 1 saturated carbocycles. The van der Waals surface area contributed by atoms with Crippen LogP contribution in [0.1, 0.15) is 130 Å². The second-order valence-corrected chi connectivity index (χ2v) is 9.85. The molecule has 3 unspecified atom stereocenters. The normalized spacial score (nSPS) is 20.3. The van der Waals surface area contributed by atoms with Gasteiger partial charge in [0.25, 0.3) is 0 Å². The van der Waals surface area contributed by atoms with E-state index in [1.54, 1.807) is 0 Å². The second kappa shape index (κ2) is 16.6. The molecule has 4 heteroatoms. The molecule has 1 rings (SSSR count). The summed E-state index contributed by atoms with van der Waals surface area (Å²) in [6.07, 6.45) is 19.2. The molecule has 0 aromatic heterocycles. The predicted octanol–water partition coefficient (Wildman–Crippen LogP) is 7.54. The number of ether oxygens (including phenoxy) is 1. The zero-order chi connectivity index (χ0) is 22.2. The SMILES string of the molecule is CCCCCCCCCCCCCC(CC(C)C)OC(=O)C1CCCCC1C(=O)O. The smallest absolute Gasteiger partial charge is 0.310 e. The van der Waals surface area contributed by atoms with E-state index in [4.69, 9.17) is 4.74 Å². The molecule has 0 spiro atoms. The number of carbonyl (C=O) groups is 2. The van der Waals surface area contributed by atoms with Crippen LogP contribution in [0.15, 0.2) is 0 Å². The molecule has 1 N–H and O–H groups in total. The maximum atomic E-state index is 12.7. The number of hydrogen-bond acceptors (Lipinski definition) is 3. The van der Waals surface area contributed by atoms with Crippen LogP contribution in [0.3, 0.4) is 0 Å². The summed E-state index contributed by atoms with van der Waals surface area (Å²) >= 11 is 0. The minimum Gasteiger partial charge on any atom is -0.481 e. The first-order valence-corrected chi connectivity index (χ1v) is 12.9. The summed E-state index contributed by atoms with van der Waals surface area (Å²) in [6, 6.07) is 0. The Labute approximate surface area is 185 Å². The highest BCUT2D eigenvalue weighted by Gasteiger charge is 2.37. The Morgan fingerprint density at radius 3 is 1.83 bits per heavy atom. The number of carboxylic acids is 1. The van der Waals surface area contributed by atoms with Gasteiger partial charge in [-0.1, -0.05) is 97.8 Å². The van der Waals surface area contributed by atoms with Crippen LogP contribution in [0.4, 0.5) is 0 Å². The summed E-state index contributed by atoms with van der Waals surface area (Å²) < 4.78 is 5.87. The van der Waals surface area contributed by atoms with Crippen molar-refractivity contribution in [3.63, 3.8) is 0 Å². The van der Waals surface area contributed by atoms with Gasteiger partial charge in [0, 0.05) is 0 Å². The lowest BCUT2D eigenvalue weighted by Gasteiger charge is -2.29. The summed E-state index contributed by atoms with van der Waals surface area (Å²) in [7, 11) is 0. The molecule has 0 heterocycles. The standard InChI is InChI=1S/C26H48O4/c1-4-5-6-7-8-9-10-11-12-13-14-17-22(20-21(2)3)30-26(29)24-19-16-15-18-23(24)25(27)28/h21-24H,4-20H2,1-3H3,(H,27,28). The largest absolute Gasteiger partial charge is 0.481 e. The molecule has 0 radical (unpaired) electrons. The third kappa shape index (κ3) is 12.0. The van der Waals surface area contributed by atoms with Gasteiger partial charge in [0.05, 0.1) is 11.8 Å². The Morgan fingerprint density at radius 2 is 1.33 bits per heavy atom. The quantitative estimate of drug-likeness (QED) is 0.193. The van der Waals surface area contributed by atoms with Crippen molar-refractivity contribution in [1.29, 1.82) is 0 Å². The van der Waals surface area contributed by atoms with Gasteiger partial charge in [0.1, 0.15) is 6.10 Å². The Hall–Kier alpha value is -1.06. The minimum absolute atomic E-state index is 0.0626. The van der Waals surface area contributed by atoms with Crippen molar-refractivity contribution in [3.05, 3.63) is 0 Å². The highest BCUT2D eigenvalue weighted by atomic mass is 16.5. The molecule has 0 aromatic carbocycles. The zero-order valence-corrected chi connectivity index (χ0v) is 20.0. The molecule has 4 nitrogen and oxygen atoms in total. The first kappa shape index (κ1) is 27.0. The van der Waals surface area contributed by atoms with Crippen LogP contribution in [0.25, 0.3) is 0 Å². The molecule has 30 heavy (non-hydrogen) atoms. The van der Waals surface area contributed by atoms with Crippen molar-refractivity contribution in [2.75, 3.05) is 0 Å². The highest BCUT2D eigenvalue weighted by Crippen LogP contribution is 2.32. The summed E-state index contributed by atoms with van der Waals surface area (Å²) in [5.74, 6) is -1.66. The maximum Gasteiger partial charge on any atom is 0.310 e. The fourth-order valence-electron chi connectivity index (χ4n) is 4.75. The molecule has 1 aliphatic carbocycles. The number of hydrogen-bond donors (Lipinski definition) is 1. The van der Waals surface area contributed by atoms with Crippen LogP contribution >= 0.6 is 0 Å². The summed E-state index contributed by atoms with van der Waals surface area (Å²) in [4.78, 5) is 24.2. The first-order valence-electron chi connectivity index (χ1n) is 12.9. The van der Waals surface area contributed by atoms with Crippen LogP contribution in [-0.4, -0.2) is 23.1 Å². The van der Waals surface area contributed by atoms with Crippen molar-refractivity contribution in [3.8, 4) is 0 Å². The number of rotatable bonds is 17. The third-order valence-electron chi connectivity index (χ3n) is 6.53. The topological polar surface area (TPSA) is 63.6 Å². The molecule has 176 valence electrons. The van der Waals surface area contributed by atoms with Gasteiger partial charge < -0.3 is 9.84 Å². The fraction of sp³-hybridized carbons (Fsp3) is 0.923. The van der Waals surface area contributed by atoms with E-state index in [1.807, 2.05) is 0 Å². The molecular weight excluding hydrogens is 376 g/mol. The van der Waals surface area contributed by atoms with E-state index in [9.17, 15) is 14.7 Å². The van der Waals surface area contributed by atoms with E-state index in [0.29, 0.717) is 18.8 Å². The molecule has 3 atom stereocenters. The monoisotopic (exact) mass is 424 g/mol. The van der Waals surface area contributed by atoms with Gasteiger partial charge in [-0.25, -0.2) is 0 Å². The van der Waals surface area contributed by atoms with E-state index in [2.05, 4.69) is 20.8 Å². The number of esters is 1. The number of carboxylic acid groups (broad SMARTS) is 1. The molecule has 0 bridgehead atoms. The Balaban J connectivity index is 2.26. The van der Waals surface area contributed by atoms with Gasteiger partial charge in [-0.05, 0) is 38.0 Å². The molecule has 1 fully saturated rings. The van der Waals surface area contributed by atoms with Crippen molar-refractivity contribution in [2.45, 2.75) is 136 Å². The predicted molar refractivity (Wildman–Crippen MR) is 123 cm³/mol. The minimum atomic E-state index is -0.845. The fourth-order valence-corrected chi connectivity index (χ4v) is 4.75. The van der Waals surface area contributed by atoms with Crippen LogP contribution in [0, 0.1) is 17.8 Å². The lowest BCUT2D eigenvalue weighted by atomic mass is 9.79. The average molecular weight is 425 g/mol. The van der Waals surface area contributed by atoms with Crippen LogP contribution in [0.2, 0.25) is 0 Å². The summed E-state index contributed by atoms with van der Waals surface area (Å²) in [5, 5.41) is 9.45. The average Bonchev–Trinajstić information content (AvgIpc) is 2.71.